The zero-order valence-corrected chi connectivity index (χ0v) is 17.4. The first kappa shape index (κ1) is 21.7. The van der Waals surface area contributed by atoms with Crippen molar-refractivity contribution in [2.45, 2.75) is 38.2 Å². The van der Waals surface area contributed by atoms with Crippen LogP contribution in [0, 0.1) is 0 Å². The lowest BCUT2D eigenvalue weighted by molar-refractivity contribution is 0.174. The number of benzene rings is 1. The van der Waals surface area contributed by atoms with Gasteiger partial charge in [0, 0.05) is 43.3 Å². The second-order valence-electron chi connectivity index (χ2n) is 7.37. The molecule has 0 spiro atoms. The van der Waals surface area contributed by atoms with Crippen LogP contribution in [0.1, 0.15) is 42.9 Å². The highest BCUT2D eigenvalue weighted by molar-refractivity contribution is 7.90. The van der Waals surface area contributed by atoms with E-state index in [2.05, 4.69) is 15.0 Å². The van der Waals surface area contributed by atoms with E-state index in [9.17, 15) is 13.5 Å². The van der Waals surface area contributed by atoms with Crippen molar-refractivity contribution in [3.8, 4) is 0 Å². The van der Waals surface area contributed by atoms with E-state index in [1.807, 2.05) is 18.2 Å². The third kappa shape index (κ3) is 6.78. The molecule has 1 fully saturated rings. The first-order valence-corrected chi connectivity index (χ1v) is 11.6. The average Bonchev–Trinajstić information content (AvgIpc) is 3.03. The Bertz CT molecular complexity index is 836. The topological polar surface area (TPSA) is 94.6 Å². The lowest BCUT2D eigenvalue weighted by Gasteiger charge is -2.20. The number of pyridine rings is 1. The molecule has 2 heterocycles. The van der Waals surface area contributed by atoms with Gasteiger partial charge in [-0.1, -0.05) is 31.0 Å². The zero-order chi connectivity index (χ0) is 20.5. The molecule has 1 atom stereocenters. The van der Waals surface area contributed by atoms with Gasteiger partial charge in [-0.15, -0.1) is 0 Å². The quantitative estimate of drug-likeness (QED) is 0.544. The maximum absolute atomic E-state index is 12.6. The Hall–Kier alpha value is -2.00. The summed E-state index contributed by atoms with van der Waals surface area (Å²) in [7, 11) is -3.49. The predicted octanol–water partition coefficient (Wildman–Crippen LogP) is 2.48. The molecule has 1 aliphatic heterocycles. The summed E-state index contributed by atoms with van der Waals surface area (Å²) < 4.78 is 29.4. The van der Waals surface area contributed by atoms with E-state index in [1.54, 1.807) is 34.9 Å². The molecule has 0 radical (unpaired) electrons. The van der Waals surface area contributed by atoms with E-state index < -0.39 is 16.3 Å². The first-order valence-electron chi connectivity index (χ1n) is 10.2. The summed E-state index contributed by atoms with van der Waals surface area (Å²) in [6.07, 6.45) is 7.57. The van der Waals surface area contributed by atoms with Crippen molar-refractivity contribution in [3.05, 3.63) is 59.9 Å². The van der Waals surface area contributed by atoms with Crippen LogP contribution in [0.2, 0.25) is 0 Å². The number of rotatable bonds is 9. The fraction of sp³-hybridized carbons (Fsp3) is 0.476. The Kier molecular flexibility index (Phi) is 8.00. The van der Waals surface area contributed by atoms with Crippen molar-refractivity contribution in [1.29, 1.82) is 0 Å². The molecule has 29 heavy (non-hydrogen) atoms. The van der Waals surface area contributed by atoms with E-state index in [0.717, 1.165) is 49.8 Å². The average molecular weight is 419 g/mol. The number of aliphatic hydroxyl groups is 1. The molecule has 7 nitrogen and oxygen atoms in total. The van der Waals surface area contributed by atoms with Gasteiger partial charge >= 0.3 is 10.2 Å². The molecule has 0 aliphatic carbocycles. The van der Waals surface area contributed by atoms with Crippen LogP contribution in [0.4, 0.5) is 5.69 Å². The maximum atomic E-state index is 12.6. The molecular formula is C21H30N4O3S. The molecule has 3 rings (SSSR count). The number of nitrogens with one attached hydrogen (secondary N) is 2. The fourth-order valence-corrected chi connectivity index (χ4v) is 4.70. The smallest absolute Gasteiger partial charge is 0.301 e. The molecule has 1 aromatic carbocycles. The summed E-state index contributed by atoms with van der Waals surface area (Å²) in [6, 6.07) is 11.1. The SMILES string of the molecule is O=S(=O)(Nc1ccc(CCNC[C@H](O)c2cccnc2)cc1)N1CCCCCC1. The van der Waals surface area contributed by atoms with Crippen molar-refractivity contribution in [2.75, 3.05) is 30.9 Å². The third-order valence-electron chi connectivity index (χ3n) is 5.10. The molecule has 1 saturated heterocycles. The summed E-state index contributed by atoms with van der Waals surface area (Å²) in [5, 5.41) is 13.4. The van der Waals surface area contributed by atoms with Crippen LogP contribution in [0.15, 0.2) is 48.8 Å². The predicted molar refractivity (Wildman–Crippen MR) is 115 cm³/mol. The van der Waals surface area contributed by atoms with E-state index >= 15 is 0 Å². The Morgan fingerprint density at radius 3 is 2.45 bits per heavy atom. The van der Waals surface area contributed by atoms with Crippen molar-refractivity contribution in [1.82, 2.24) is 14.6 Å². The van der Waals surface area contributed by atoms with Gasteiger partial charge in [0.05, 0.1) is 6.10 Å². The minimum atomic E-state index is -3.49. The van der Waals surface area contributed by atoms with Gasteiger partial charge in [0.1, 0.15) is 0 Å². The molecule has 2 aromatic rings. The van der Waals surface area contributed by atoms with Gasteiger partial charge in [0.15, 0.2) is 0 Å². The van der Waals surface area contributed by atoms with E-state index in [0.29, 0.717) is 25.3 Å². The second kappa shape index (κ2) is 10.7. The van der Waals surface area contributed by atoms with Crippen LogP contribution < -0.4 is 10.0 Å². The van der Waals surface area contributed by atoms with Crippen LogP contribution in [-0.4, -0.2) is 49.0 Å². The third-order valence-corrected chi connectivity index (χ3v) is 6.64. The number of aliphatic hydroxyl groups excluding tert-OH is 1. The largest absolute Gasteiger partial charge is 0.387 e. The van der Waals surface area contributed by atoms with Crippen LogP contribution >= 0.6 is 0 Å². The van der Waals surface area contributed by atoms with Gasteiger partial charge in [0.25, 0.3) is 0 Å². The van der Waals surface area contributed by atoms with E-state index in [-0.39, 0.29) is 0 Å². The van der Waals surface area contributed by atoms with Gasteiger partial charge in [-0.2, -0.15) is 12.7 Å². The molecule has 3 N–H and O–H groups in total. The molecule has 0 bridgehead atoms. The number of anilines is 1. The highest BCUT2D eigenvalue weighted by Gasteiger charge is 2.22. The van der Waals surface area contributed by atoms with Gasteiger partial charge in [-0.05, 0) is 49.6 Å². The van der Waals surface area contributed by atoms with Crippen LogP contribution in [-0.2, 0) is 16.6 Å². The van der Waals surface area contributed by atoms with Crippen molar-refractivity contribution in [2.24, 2.45) is 0 Å². The number of hydrogen-bond acceptors (Lipinski definition) is 5. The summed E-state index contributed by atoms with van der Waals surface area (Å²) in [4.78, 5) is 4.01. The fourth-order valence-electron chi connectivity index (χ4n) is 3.40. The van der Waals surface area contributed by atoms with Gasteiger partial charge in [0.2, 0.25) is 0 Å². The standard InChI is InChI=1S/C21H30N4O3S/c26-21(19-6-5-12-22-16-19)17-23-13-11-18-7-9-20(10-8-18)24-29(27,28)25-14-3-1-2-4-15-25/h5-10,12,16,21,23-24,26H,1-4,11,13-15,17H2/t21-/m0/s1. The lowest BCUT2D eigenvalue weighted by atomic mass is 10.1. The molecular weight excluding hydrogens is 388 g/mol. The van der Waals surface area contributed by atoms with E-state index in [1.165, 1.54) is 0 Å². The molecule has 8 heteroatoms. The Morgan fingerprint density at radius 2 is 1.79 bits per heavy atom. The normalized spacial score (nSPS) is 16.9. The second-order valence-corrected chi connectivity index (χ2v) is 9.04. The van der Waals surface area contributed by atoms with Crippen LogP contribution in [0.3, 0.4) is 0 Å². The van der Waals surface area contributed by atoms with Crippen molar-refractivity contribution >= 4 is 15.9 Å². The summed E-state index contributed by atoms with van der Waals surface area (Å²) in [5.74, 6) is 0. The monoisotopic (exact) mass is 418 g/mol. The van der Waals surface area contributed by atoms with E-state index in [4.69, 9.17) is 0 Å². The Balaban J connectivity index is 1.44. The number of hydrogen-bond donors (Lipinski definition) is 3. The first-order chi connectivity index (χ1) is 14.0. The van der Waals surface area contributed by atoms with Crippen LogP contribution in [0.25, 0.3) is 0 Å². The Morgan fingerprint density at radius 1 is 1.07 bits per heavy atom. The molecule has 0 amide bonds. The minimum Gasteiger partial charge on any atom is -0.387 e. The van der Waals surface area contributed by atoms with Gasteiger partial charge < -0.3 is 10.4 Å². The summed E-state index contributed by atoms with van der Waals surface area (Å²) in [6.45, 7) is 2.35. The molecule has 1 aromatic heterocycles. The number of aromatic nitrogens is 1. The van der Waals surface area contributed by atoms with Crippen LogP contribution in [0.5, 0.6) is 0 Å². The molecule has 1 aliphatic rings. The number of nitrogens with zero attached hydrogens (tertiary/aromatic N) is 2. The Labute approximate surface area is 173 Å². The minimum absolute atomic E-state index is 0.458. The molecule has 0 unspecified atom stereocenters. The lowest BCUT2D eigenvalue weighted by Crippen LogP contribution is -2.36. The van der Waals surface area contributed by atoms with Crippen molar-refractivity contribution in [3.63, 3.8) is 0 Å². The molecule has 158 valence electrons. The summed E-state index contributed by atoms with van der Waals surface area (Å²) in [5.41, 5.74) is 2.48. The van der Waals surface area contributed by atoms with Gasteiger partial charge in [-0.25, -0.2) is 0 Å². The van der Waals surface area contributed by atoms with Gasteiger partial charge in [-0.3, -0.25) is 9.71 Å². The zero-order valence-electron chi connectivity index (χ0n) is 16.6. The maximum Gasteiger partial charge on any atom is 0.301 e. The molecule has 0 saturated carbocycles. The van der Waals surface area contributed by atoms with Crippen molar-refractivity contribution < 1.29 is 13.5 Å². The highest BCUT2D eigenvalue weighted by Crippen LogP contribution is 2.17. The highest BCUT2D eigenvalue weighted by atomic mass is 32.2. The summed E-state index contributed by atoms with van der Waals surface area (Å²) >= 11 is 0.